The summed E-state index contributed by atoms with van der Waals surface area (Å²) in [6.07, 6.45) is 1.61. The molecule has 7 nitrogen and oxygen atoms in total. The van der Waals surface area contributed by atoms with Crippen molar-refractivity contribution in [3.63, 3.8) is 0 Å². The van der Waals surface area contributed by atoms with Crippen LogP contribution in [-0.2, 0) is 11.3 Å². The molecule has 2 aromatic carbocycles. The van der Waals surface area contributed by atoms with E-state index in [2.05, 4.69) is 11.6 Å². The van der Waals surface area contributed by atoms with E-state index in [9.17, 15) is 14.4 Å². The van der Waals surface area contributed by atoms with Gasteiger partial charge in [-0.25, -0.2) is 4.98 Å². The molecule has 1 aromatic heterocycles. The number of amides is 1. The molecule has 1 fully saturated rings. The van der Waals surface area contributed by atoms with E-state index in [1.54, 1.807) is 53.4 Å². The van der Waals surface area contributed by atoms with Gasteiger partial charge >= 0.3 is 0 Å². The molecule has 170 valence electrons. The van der Waals surface area contributed by atoms with Crippen LogP contribution in [0.5, 0.6) is 0 Å². The first-order valence-corrected chi connectivity index (χ1v) is 11.8. The molecule has 33 heavy (non-hydrogen) atoms. The molecule has 3 aromatic rings. The van der Waals surface area contributed by atoms with Gasteiger partial charge in [0.05, 0.1) is 29.9 Å². The second kappa shape index (κ2) is 10.3. The van der Waals surface area contributed by atoms with Crippen LogP contribution in [0.15, 0.2) is 65.1 Å². The molecule has 0 spiro atoms. The Morgan fingerprint density at radius 2 is 1.82 bits per heavy atom. The largest absolute Gasteiger partial charge is 0.378 e. The van der Waals surface area contributed by atoms with Crippen LogP contribution in [0.4, 0.5) is 0 Å². The first-order valence-electron chi connectivity index (χ1n) is 10.4. The van der Waals surface area contributed by atoms with Crippen LogP contribution in [0.3, 0.4) is 0 Å². The first-order chi connectivity index (χ1) is 16.0. The molecule has 4 rings (SSSR count). The normalized spacial score (nSPS) is 13.8. The van der Waals surface area contributed by atoms with Crippen LogP contribution < -0.4 is 5.56 Å². The number of nitrogens with zero attached hydrogens (tertiary/aromatic N) is 3. The third-order valence-electron chi connectivity index (χ3n) is 5.28. The molecule has 0 bridgehead atoms. The van der Waals surface area contributed by atoms with Crippen molar-refractivity contribution >= 4 is 46.0 Å². The lowest BCUT2D eigenvalue weighted by Gasteiger charge is -2.26. The standard InChI is InChI=1S/C24H22ClN3O4S/c1-2-9-28-23(31)19-8-5-17(22(30)27-10-12-32-13-11-27)14-20(19)26-24(28)33-15-21(29)16-3-6-18(25)7-4-16/h2-8,14H,1,9-13,15H2. The third-order valence-corrected chi connectivity index (χ3v) is 6.50. The van der Waals surface area contributed by atoms with Crippen molar-refractivity contribution in [2.75, 3.05) is 32.1 Å². The fourth-order valence-electron chi connectivity index (χ4n) is 3.53. The summed E-state index contributed by atoms with van der Waals surface area (Å²) >= 11 is 7.07. The molecule has 0 atom stereocenters. The molecule has 0 N–H and O–H groups in total. The predicted molar refractivity (Wildman–Crippen MR) is 129 cm³/mol. The zero-order valence-corrected chi connectivity index (χ0v) is 19.4. The number of Topliss-reactive ketones (excluding diaryl/α,β-unsaturated/α-hetero) is 1. The van der Waals surface area contributed by atoms with E-state index in [1.165, 1.54) is 16.3 Å². The number of ether oxygens (including phenoxy) is 1. The summed E-state index contributed by atoms with van der Waals surface area (Å²) in [5, 5.41) is 1.35. The average molecular weight is 484 g/mol. The first kappa shape index (κ1) is 23.2. The molecule has 0 saturated carbocycles. The summed E-state index contributed by atoms with van der Waals surface area (Å²) in [5.41, 5.74) is 1.17. The molecule has 2 heterocycles. The lowest BCUT2D eigenvalue weighted by Crippen LogP contribution is -2.40. The maximum atomic E-state index is 13.1. The molecule has 1 aliphatic heterocycles. The van der Waals surface area contributed by atoms with E-state index >= 15 is 0 Å². The third kappa shape index (κ3) is 5.19. The Morgan fingerprint density at radius 1 is 1.12 bits per heavy atom. The van der Waals surface area contributed by atoms with Crippen LogP contribution >= 0.6 is 23.4 Å². The summed E-state index contributed by atoms with van der Waals surface area (Å²) in [5.74, 6) is -0.125. The minimum absolute atomic E-state index is 0.100. The number of hydrogen-bond donors (Lipinski definition) is 0. The van der Waals surface area contributed by atoms with Crippen LogP contribution in [0.25, 0.3) is 10.9 Å². The Bertz CT molecular complexity index is 1270. The van der Waals surface area contributed by atoms with Gasteiger partial charge in [0, 0.05) is 35.8 Å². The minimum atomic E-state index is -0.244. The molecule has 0 aliphatic carbocycles. The number of rotatable bonds is 7. The highest BCUT2D eigenvalue weighted by atomic mass is 35.5. The number of allylic oxidation sites excluding steroid dienone is 1. The van der Waals surface area contributed by atoms with Gasteiger partial charge in [-0.2, -0.15) is 0 Å². The quantitative estimate of drug-likeness (QED) is 0.221. The van der Waals surface area contributed by atoms with Crippen molar-refractivity contribution in [2.24, 2.45) is 0 Å². The van der Waals surface area contributed by atoms with Crippen molar-refractivity contribution in [1.29, 1.82) is 0 Å². The Balaban J connectivity index is 1.64. The summed E-state index contributed by atoms with van der Waals surface area (Å²) in [4.78, 5) is 45.0. The monoisotopic (exact) mass is 483 g/mol. The molecule has 1 amide bonds. The maximum absolute atomic E-state index is 13.1. The number of ketones is 1. The van der Waals surface area contributed by atoms with Gasteiger partial charge in [-0.15, -0.1) is 6.58 Å². The van der Waals surface area contributed by atoms with E-state index in [0.717, 1.165) is 0 Å². The van der Waals surface area contributed by atoms with Gasteiger partial charge in [0.1, 0.15) is 0 Å². The van der Waals surface area contributed by atoms with Crippen molar-refractivity contribution in [1.82, 2.24) is 14.5 Å². The molecular formula is C24H22ClN3O4S. The highest BCUT2D eigenvalue weighted by Crippen LogP contribution is 2.21. The van der Waals surface area contributed by atoms with E-state index in [4.69, 9.17) is 16.3 Å². The van der Waals surface area contributed by atoms with Crippen molar-refractivity contribution < 1.29 is 14.3 Å². The Morgan fingerprint density at radius 3 is 2.52 bits per heavy atom. The van der Waals surface area contributed by atoms with Gasteiger partial charge in [-0.05, 0) is 42.5 Å². The smallest absolute Gasteiger partial charge is 0.262 e. The van der Waals surface area contributed by atoms with Gasteiger partial charge in [-0.3, -0.25) is 19.0 Å². The van der Waals surface area contributed by atoms with Gasteiger partial charge in [0.25, 0.3) is 11.5 Å². The van der Waals surface area contributed by atoms with Gasteiger partial charge in [0.15, 0.2) is 10.9 Å². The van der Waals surface area contributed by atoms with E-state index in [1.807, 2.05) is 0 Å². The fraction of sp³-hybridized carbons (Fsp3) is 0.250. The number of carbonyl (C=O) groups is 2. The van der Waals surface area contributed by atoms with Crippen LogP contribution in [0.2, 0.25) is 5.02 Å². The molecule has 9 heteroatoms. The summed E-state index contributed by atoms with van der Waals surface area (Å²) in [6, 6.07) is 11.6. The van der Waals surface area contributed by atoms with Crippen molar-refractivity contribution in [3.8, 4) is 0 Å². The lowest BCUT2D eigenvalue weighted by molar-refractivity contribution is 0.0303. The van der Waals surface area contributed by atoms with Crippen molar-refractivity contribution in [3.05, 3.63) is 81.6 Å². The maximum Gasteiger partial charge on any atom is 0.262 e. The fourth-order valence-corrected chi connectivity index (χ4v) is 4.56. The van der Waals surface area contributed by atoms with E-state index in [-0.39, 0.29) is 29.5 Å². The molecule has 0 unspecified atom stereocenters. The number of thioether (sulfide) groups is 1. The van der Waals surface area contributed by atoms with E-state index in [0.29, 0.717) is 58.5 Å². The Hall–Kier alpha value is -2.94. The van der Waals surface area contributed by atoms with Gasteiger partial charge < -0.3 is 9.64 Å². The zero-order valence-electron chi connectivity index (χ0n) is 17.8. The molecule has 1 saturated heterocycles. The van der Waals surface area contributed by atoms with Crippen LogP contribution in [-0.4, -0.2) is 58.2 Å². The molecular weight excluding hydrogens is 462 g/mol. The number of halogens is 1. The summed E-state index contributed by atoms with van der Waals surface area (Å²) < 4.78 is 6.80. The summed E-state index contributed by atoms with van der Waals surface area (Å²) in [7, 11) is 0. The van der Waals surface area contributed by atoms with Gasteiger partial charge in [0.2, 0.25) is 0 Å². The lowest BCUT2D eigenvalue weighted by atomic mass is 10.1. The average Bonchev–Trinajstić information content (AvgIpc) is 2.84. The number of fused-ring (bicyclic) bond motifs is 1. The highest BCUT2D eigenvalue weighted by molar-refractivity contribution is 7.99. The zero-order chi connectivity index (χ0) is 23.4. The van der Waals surface area contributed by atoms with E-state index < -0.39 is 0 Å². The minimum Gasteiger partial charge on any atom is -0.378 e. The van der Waals surface area contributed by atoms with Crippen molar-refractivity contribution in [2.45, 2.75) is 11.7 Å². The number of aromatic nitrogens is 2. The van der Waals surface area contributed by atoms with Gasteiger partial charge in [-0.1, -0.05) is 29.4 Å². The summed E-state index contributed by atoms with van der Waals surface area (Å²) in [6.45, 7) is 6.05. The second-order valence-corrected chi connectivity index (χ2v) is 8.83. The number of hydrogen-bond acceptors (Lipinski definition) is 6. The number of morpholine rings is 1. The topological polar surface area (TPSA) is 81.5 Å². The second-order valence-electron chi connectivity index (χ2n) is 7.45. The predicted octanol–water partition coefficient (Wildman–Crippen LogP) is 3.68. The SMILES string of the molecule is C=CCn1c(SCC(=O)c2ccc(Cl)cc2)nc2cc(C(=O)N3CCOCC3)ccc2c1=O. The van der Waals surface area contributed by atoms with Crippen LogP contribution in [0.1, 0.15) is 20.7 Å². The van der Waals surface area contributed by atoms with Crippen LogP contribution in [0, 0.1) is 0 Å². The Labute approximate surface area is 200 Å². The number of benzene rings is 2. The Kier molecular flexibility index (Phi) is 7.27. The molecule has 1 aliphatic rings. The highest BCUT2D eigenvalue weighted by Gasteiger charge is 2.20. The number of carbonyl (C=O) groups excluding carboxylic acids is 2. The molecule has 0 radical (unpaired) electrons.